The van der Waals surface area contributed by atoms with Gasteiger partial charge in [-0.15, -0.1) is 0 Å². The summed E-state index contributed by atoms with van der Waals surface area (Å²) >= 11 is 0. The smallest absolute Gasteiger partial charge is 0.211 e. The highest BCUT2D eigenvalue weighted by molar-refractivity contribution is 7.88. The number of sulfonamides is 1. The van der Waals surface area contributed by atoms with E-state index in [2.05, 4.69) is 27.7 Å². The quantitative estimate of drug-likeness (QED) is 0.781. The molecule has 0 bridgehead atoms. The standard InChI is InChI=1S/C17H26N4O3S/c1-13-9-14(2)21(18-13)15-7-8-20(10-15)12-17-6-5-16(24-17)11-19(3)25(4,22)23/h5-6,9,15H,7-8,10-12H2,1-4H3. The van der Waals surface area contributed by atoms with Crippen LogP contribution in [0.3, 0.4) is 0 Å². The first-order chi connectivity index (χ1) is 11.7. The van der Waals surface area contributed by atoms with Gasteiger partial charge in [0.15, 0.2) is 0 Å². The largest absolute Gasteiger partial charge is 0.463 e. The first-order valence-corrected chi connectivity index (χ1v) is 10.3. The Bertz CT molecular complexity index is 840. The van der Waals surface area contributed by atoms with Crippen molar-refractivity contribution in [2.75, 3.05) is 26.4 Å². The van der Waals surface area contributed by atoms with Gasteiger partial charge >= 0.3 is 0 Å². The molecule has 1 saturated heterocycles. The van der Waals surface area contributed by atoms with Gasteiger partial charge in [0.2, 0.25) is 10.0 Å². The van der Waals surface area contributed by atoms with Gasteiger partial charge in [-0.25, -0.2) is 8.42 Å². The second kappa shape index (κ2) is 6.93. The monoisotopic (exact) mass is 366 g/mol. The van der Waals surface area contributed by atoms with Crippen LogP contribution in [0.25, 0.3) is 0 Å². The highest BCUT2D eigenvalue weighted by Gasteiger charge is 2.26. The van der Waals surface area contributed by atoms with E-state index < -0.39 is 10.0 Å². The van der Waals surface area contributed by atoms with E-state index in [9.17, 15) is 8.42 Å². The number of furan rings is 1. The Morgan fingerprint density at radius 1 is 1.32 bits per heavy atom. The Hall–Kier alpha value is -1.64. The summed E-state index contributed by atoms with van der Waals surface area (Å²) in [6.07, 6.45) is 2.27. The third kappa shape index (κ3) is 4.31. The van der Waals surface area contributed by atoms with Crippen LogP contribution in [0.2, 0.25) is 0 Å². The maximum Gasteiger partial charge on any atom is 0.211 e. The molecule has 7 nitrogen and oxygen atoms in total. The van der Waals surface area contributed by atoms with Gasteiger partial charge in [0, 0.05) is 25.8 Å². The molecule has 1 atom stereocenters. The summed E-state index contributed by atoms with van der Waals surface area (Å²) in [4.78, 5) is 2.35. The van der Waals surface area contributed by atoms with Crippen molar-refractivity contribution in [2.45, 2.75) is 39.4 Å². The van der Waals surface area contributed by atoms with Gasteiger partial charge in [-0.2, -0.15) is 9.40 Å². The molecule has 8 heteroatoms. The van der Waals surface area contributed by atoms with Crippen LogP contribution in [-0.2, 0) is 23.1 Å². The second-order valence-corrected chi connectivity index (χ2v) is 9.03. The van der Waals surface area contributed by atoms with E-state index in [0.29, 0.717) is 11.8 Å². The van der Waals surface area contributed by atoms with Gasteiger partial charge < -0.3 is 4.42 Å². The number of likely N-dealkylation sites (tertiary alicyclic amines) is 1. The Balaban J connectivity index is 1.58. The number of aryl methyl sites for hydroxylation is 2. The molecule has 2 aromatic rings. The fraction of sp³-hybridized carbons (Fsp3) is 0.588. The van der Waals surface area contributed by atoms with Crippen LogP contribution in [-0.4, -0.2) is 53.8 Å². The summed E-state index contributed by atoms with van der Waals surface area (Å²) in [7, 11) is -1.65. The van der Waals surface area contributed by atoms with E-state index in [1.165, 1.54) is 16.3 Å². The molecular weight excluding hydrogens is 340 g/mol. The molecule has 1 unspecified atom stereocenters. The molecule has 0 aliphatic carbocycles. The number of hydrogen-bond acceptors (Lipinski definition) is 5. The molecule has 138 valence electrons. The molecule has 0 amide bonds. The van der Waals surface area contributed by atoms with E-state index in [-0.39, 0.29) is 6.54 Å². The minimum absolute atomic E-state index is 0.257. The molecule has 0 N–H and O–H groups in total. The van der Waals surface area contributed by atoms with Crippen LogP contribution in [0.5, 0.6) is 0 Å². The maximum absolute atomic E-state index is 11.5. The van der Waals surface area contributed by atoms with Crippen molar-refractivity contribution >= 4 is 10.0 Å². The van der Waals surface area contributed by atoms with Crippen molar-refractivity contribution in [3.8, 4) is 0 Å². The molecule has 3 heterocycles. The zero-order chi connectivity index (χ0) is 18.2. The Morgan fingerprint density at radius 2 is 2.04 bits per heavy atom. The van der Waals surface area contributed by atoms with Crippen molar-refractivity contribution in [2.24, 2.45) is 0 Å². The third-order valence-corrected chi connectivity index (χ3v) is 5.94. The molecule has 1 aliphatic rings. The predicted molar refractivity (Wildman–Crippen MR) is 95.7 cm³/mol. The number of hydrogen-bond donors (Lipinski definition) is 0. The van der Waals surface area contributed by atoms with Crippen molar-refractivity contribution in [3.63, 3.8) is 0 Å². The van der Waals surface area contributed by atoms with E-state index in [0.717, 1.165) is 37.5 Å². The molecule has 0 spiro atoms. The summed E-state index contributed by atoms with van der Waals surface area (Å²) in [5.41, 5.74) is 2.26. The Morgan fingerprint density at radius 3 is 2.68 bits per heavy atom. The van der Waals surface area contributed by atoms with Crippen LogP contribution in [0.15, 0.2) is 22.6 Å². The average molecular weight is 366 g/mol. The first kappa shape index (κ1) is 18.2. The molecule has 2 aromatic heterocycles. The third-order valence-electron chi connectivity index (χ3n) is 4.68. The molecule has 25 heavy (non-hydrogen) atoms. The highest BCUT2D eigenvalue weighted by atomic mass is 32.2. The van der Waals surface area contributed by atoms with Crippen molar-refractivity contribution in [1.29, 1.82) is 0 Å². The van der Waals surface area contributed by atoms with Gasteiger partial charge in [-0.3, -0.25) is 9.58 Å². The lowest BCUT2D eigenvalue weighted by Crippen LogP contribution is -2.24. The summed E-state index contributed by atoms with van der Waals surface area (Å²) in [5.74, 6) is 1.53. The van der Waals surface area contributed by atoms with Gasteiger partial charge in [0.05, 0.1) is 31.1 Å². The molecule has 3 rings (SSSR count). The van der Waals surface area contributed by atoms with Crippen LogP contribution >= 0.6 is 0 Å². The van der Waals surface area contributed by atoms with E-state index in [1.807, 2.05) is 19.1 Å². The summed E-state index contributed by atoms with van der Waals surface area (Å²) in [6, 6.07) is 6.30. The maximum atomic E-state index is 11.5. The van der Waals surface area contributed by atoms with Gasteiger partial charge in [-0.1, -0.05) is 0 Å². The molecular formula is C17H26N4O3S. The van der Waals surface area contributed by atoms with Crippen LogP contribution < -0.4 is 0 Å². The normalized spacial score (nSPS) is 19.2. The molecule has 0 radical (unpaired) electrons. The van der Waals surface area contributed by atoms with Crippen LogP contribution in [0.4, 0.5) is 0 Å². The van der Waals surface area contributed by atoms with Gasteiger partial charge in [-0.05, 0) is 38.5 Å². The lowest BCUT2D eigenvalue weighted by Gasteiger charge is -2.16. The minimum Gasteiger partial charge on any atom is -0.463 e. The first-order valence-electron chi connectivity index (χ1n) is 8.46. The molecule has 1 aliphatic heterocycles. The summed E-state index contributed by atoms with van der Waals surface area (Å²) in [5, 5.41) is 4.60. The van der Waals surface area contributed by atoms with Gasteiger partial charge in [0.1, 0.15) is 11.5 Å². The summed E-state index contributed by atoms with van der Waals surface area (Å²) in [6.45, 7) is 7.06. The molecule has 0 aromatic carbocycles. The topological polar surface area (TPSA) is 71.6 Å². The highest BCUT2D eigenvalue weighted by Crippen LogP contribution is 2.25. The fourth-order valence-corrected chi connectivity index (χ4v) is 3.68. The van der Waals surface area contributed by atoms with Crippen LogP contribution in [0.1, 0.15) is 35.4 Å². The van der Waals surface area contributed by atoms with Gasteiger partial charge in [0.25, 0.3) is 0 Å². The minimum atomic E-state index is -3.20. The second-order valence-electron chi connectivity index (χ2n) is 6.94. The van der Waals surface area contributed by atoms with Crippen molar-refractivity contribution in [3.05, 3.63) is 41.1 Å². The van der Waals surface area contributed by atoms with E-state index in [4.69, 9.17) is 4.42 Å². The molecule has 1 fully saturated rings. The van der Waals surface area contributed by atoms with Crippen molar-refractivity contribution in [1.82, 2.24) is 19.0 Å². The lowest BCUT2D eigenvalue weighted by molar-refractivity contribution is 0.275. The molecule has 0 saturated carbocycles. The fourth-order valence-electron chi connectivity index (χ4n) is 3.32. The van der Waals surface area contributed by atoms with Crippen LogP contribution in [0, 0.1) is 13.8 Å². The number of aromatic nitrogens is 2. The summed E-state index contributed by atoms with van der Waals surface area (Å²) < 4.78 is 32.2. The zero-order valence-corrected chi connectivity index (χ0v) is 16.1. The lowest BCUT2D eigenvalue weighted by atomic mass is 10.2. The number of nitrogens with zero attached hydrogens (tertiary/aromatic N) is 4. The Labute approximate surface area is 149 Å². The Kier molecular flexibility index (Phi) is 5.04. The SMILES string of the molecule is Cc1cc(C)n(C2CCN(Cc3ccc(CN(C)S(C)(=O)=O)o3)C2)n1. The van der Waals surface area contributed by atoms with E-state index in [1.54, 1.807) is 7.05 Å². The number of rotatable bonds is 6. The van der Waals surface area contributed by atoms with E-state index >= 15 is 0 Å². The average Bonchev–Trinajstić information content (AvgIpc) is 3.20. The predicted octanol–water partition coefficient (Wildman–Crippen LogP) is 1.93. The zero-order valence-electron chi connectivity index (χ0n) is 15.3. The van der Waals surface area contributed by atoms with Crippen molar-refractivity contribution < 1.29 is 12.8 Å².